The van der Waals surface area contributed by atoms with Crippen molar-refractivity contribution in [3.8, 4) is 0 Å². The van der Waals surface area contributed by atoms with Gasteiger partial charge in [-0.15, -0.1) is 0 Å². The first-order valence-corrected chi connectivity index (χ1v) is 11.3. The molecule has 1 saturated heterocycles. The maximum atomic E-state index is 12.5. The van der Waals surface area contributed by atoms with Crippen LogP contribution in [0.5, 0.6) is 0 Å². The van der Waals surface area contributed by atoms with Gasteiger partial charge in [-0.2, -0.15) is 4.31 Å². The molecule has 0 bridgehead atoms. The molecule has 1 aromatic carbocycles. The van der Waals surface area contributed by atoms with Crippen molar-refractivity contribution in [3.63, 3.8) is 0 Å². The maximum Gasteiger partial charge on any atom is 0.309 e. The molecule has 0 aromatic heterocycles. The van der Waals surface area contributed by atoms with Gasteiger partial charge < -0.3 is 9.64 Å². The Morgan fingerprint density at radius 1 is 1.07 bits per heavy atom. The standard InChI is InChI=1S/C21H26N2O5S/c24-20(17-28-21(25)19-9-5-2-6-10-19)22-12-14-23(15-13-22)29(26,27)16-11-18-7-3-1-4-8-18/h1-5,7-8,11,16,19H,6,9-10,12-15,17H2/b16-11+/t19-/m0/s1. The Morgan fingerprint density at radius 2 is 1.79 bits per heavy atom. The minimum atomic E-state index is -3.55. The van der Waals surface area contributed by atoms with Gasteiger partial charge in [-0.05, 0) is 30.9 Å². The number of nitrogens with zero attached hydrogens (tertiary/aromatic N) is 2. The summed E-state index contributed by atoms with van der Waals surface area (Å²) < 4.78 is 31.5. The predicted octanol–water partition coefficient (Wildman–Crippen LogP) is 2.03. The molecule has 1 aliphatic heterocycles. The van der Waals surface area contributed by atoms with E-state index in [0.717, 1.165) is 18.4 Å². The molecule has 7 nitrogen and oxygen atoms in total. The second-order valence-electron chi connectivity index (χ2n) is 7.13. The Balaban J connectivity index is 1.45. The van der Waals surface area contributed by atoms with Gasteiger partial charge >= 0.3 is 5.97 Å². The predicted molar refractivity (Wildman–Crippen MR) is 110 cm³/mol. The number of sulfonamides is 1. The van der Waals surface area contributed by atoms with E-state index < -0.39 is 10.0 Å². The lowest BCUT2D eigenvalue weighted by Gasteiger charge is -2.33. The third-order valence-corrected chi connectivity index (χ3v) is 6.69. The number of hydrogen-bond donors (Lipinski definition) is 0. The van der Waals surface area contributed by atoms with Crippen LogP contribution in [-0.2, 0) is 24.3 Å². The number of esters is 1. The van der Waals surface area contributed by atoms with Gasteiger partial charge in [0, 0.05) is 31.6 Å². The fourth-order valence-corrected chi connectivity index (χ4v) is 4.53. The summed E-state index contributed by atoms with van der Waals surface area (Å²) in [5, 5.41) is 1.19. The lowest BCUT2D eigenvalue weighted by Crippen LogP contribution is -2.51. The Labute approximate surface area is 171 Å². The van der Waals surface area contributed by atoms with Crippen molar-refractivity contribution >= 4 is 28.0 Å². The van der Waals surface area contributed by atoms with Crippen LogP contribution >= 0.6 is 0 Å². The van der Waals surface area contributed by atoms with E-state index in [1.807, 2.05) is 42.5 Å². The number of piperazine rings is 1. The molecule has 0 radical (unpaired) electrons. The summed E-state index contributed by atoms with van der Waals surface area (Å²) in [4.78, 5) is 25.9. The fourth-order valence-electron chi connectivity index (χ4n) is 3.36. The quantitative estimate of drug-likeness (QED) is 0.521. The van der Waals surface area contributed by atoms with Gasteiger partial charge in [0.1, 0.15) is 0 Å². The number of benzene rings is 1. The first kappa shape index (κ1) is 21.3. The Bertz CT molecular complexity index is 872. The number of amides is 1. The van der Waals surface area contributed by atoms with Crippen LogP contribution in [0.2, 0.25) is 0 Å². The molecule has 156 valence electrons. The van der Waals surface area contributed by atoms with Crippen molar-refractivity contribution in [2.75, 3.05) is 32.8 Å². The van der Waals surface area contributed by atoms with E-state index in [-0.39, 0.29) is 50.6 Å². The number of rotatable bonds is 6. The van der Waals surface area contributed by atoms with Crippen LogP contribution in [0.4, 0.5) is 0 Å². The SMILES string of the molecule is O=C(OCC(=O)N1CCN(S(=O)(=O)/C=C/c2ccccc2)CC1)[C@H]1CC=CCC1. The third kappa shape index (κ3) is 6.01. The molecule has 29 heavy (non-hydrogen) atoms. The molecule has 1 heterocycles. The molecule has 0 saturated carbocycles. The van der Waals surface area contributed by atoms with E-state index in [1.54, 1.807) is 11.0 Å². The minimum absolute atomic E-state index is 0.175. The summed E-state index contributed by atoms with van der Waals surface area (Å²) in [6, 6.07) is 9.20. The second kappa shape index (κ2) is 9.84. The van der Waals surface area contributed by atoms with E-state index in [0.29, 0.717) is 6.42 Å². The van der Waals surface area contributed by atoms with Crippen molar-refractivity contribution in [3.05, 3.63) is 53.5 Å². The lowest BCUT2D eigenvalue weighted by molar-refractivity contribution is -0.156. The average Bonchev–Trinajstić information content (AvgIpc) is 2.77. The molecule has 1 aromatic rings. The summed E-state index contributed by atoms with van der Waals surface area (Å²) in [5.74, 6) is -0.803. The van der Waals surface area contributed by atoms with Gasteiger partial charge in [0.15, 0.2) is 6.61 Å². The van der Waals surface area contributed by atoms with Gasteiger partial charge in [-0.25, -0.2) is 8.42 Å². The van der Waals surface area contributed by atoms with Crippen molar-refractivity contribution in [1.82, 2.24) is 9.21 Å². The van der Waals surface area contributed by atoms with Crippen LogP contribution in [0.15, 0.2) is 47.9 Å². The van der Waals surface area contributed by atoms with Gasteiger partial charge in [-0.3, -0.25) is 9.59 Å². The normalized spacial score (nSPS) is 20.7. The van der Waals surface area contributed by atoms with Gasteiger partial charge in [0.2, 0.25) is 10.0 Å². The van der Waals surface area contributed by atoms with Crippen molar-refractivity contribution in [2.24, 2.45) is 5.92 Å². The minimum Gasteiger partial charge on any atom is -0.455 e. The van der Waals surface area contributed by atoms with Crippen LogP contribution in [0.25, 0.3) is 6.08 Å². The Kier molecular flexibility index (Phi) is 7.22. The first-order chi connectivity index (χ1) is 14.0. The van der Waals surface area contributed by atoms with Crippen LogP contribution in [0.1, 0.15) is 24.8 Å². The number of allylic oxidation sites excluding steroid dienone is 2. The zero-order valence-corrected chi connectivity index (χ0v) is 17.1. The molecule has 0 N–H and O–H groups in total. The zero-order chi connectivity index (χ0) is 20.7. The maximum absolute atomic E-state index is 12.5. The van der Waals surface area contributed by atoms with E-state index in [4.69, 9.17) is 4.74 Å². The Morgan fingerprint density at radius 3 is 2.45 bits per heavy atom. The summed E-state index contributed by atoms with van der Waals surface area (Å²) >= 11 is 0. The fraction of sp³-hybridized carbons (Fsp3) is 0.429. The molecule has 3 rings (SSSR count). The molecule has 1 atom stereocenters. The summed E-state index contributed by atoms with van der Waals surface area (Å²) in [6.45, 7) is 0.699. The molecule has 0 spiro atoms. The monoisotopic (exact) mass is 418 g/mol. The smallest absolute Gasteiger partial charge is 0.309 e. The Hall–Kier alpha value is -2.45. The highest BCUT2D eigenvalue weighted by atomic mass is 32.2. The molecular formula is C21H26N2O5S. The van der Waals surface area contributed by atoms with E-state index >= 15 is 0 Å². The summed E-state index contributed by atoms with van der Waals surface area (Å²) in [7, 11) is -3.55. The van der Waals surface area contributed by atoms with E-state index in [1.165, 1.54) is 9.71 Å². The topological polar surface area (TPSA) is 84.0 Å². The van der Waals surface area contributed by atoms with Crippen LogP contribution < -0.4 is 0 Å². The van der Waals surface area contributed by atoms with Crippen LogP contribution in [0.3, 0.4) is 0 Å². The molecule has 2 aliphatic rings. The van der Waals surface area contributed by atoms with Gasteiger partial charge in [-0.1, -0.05) is 42.5 Å². The van der Waals surface area contributed by atoms with Crippen molar-refractivity contribution in [2.45, 2.75) is 19.3 Å². The van der Waals surface area contributed by atoms with Crippen LogP contribution in [-0.4, -0.2) is 62.3 Å². The zero-order valence-electron chi connectivity index (χ0n) is 16.3. The molecule has 1 aliphatic carbocycles. The highest BCUT2D eigenvalue weighted by Crippen LogP contribution is 2.19. The highest BCUT2D eigenvalue weighted by Gasteiger charge is 2.28. The average molecular weight is 419 g/mol. The van der Waals surface area contributed by atoms with Crippen molar-refractivity contribution < 1.29 is 22.7 Å². The van der Waals surface area contributed by atoms with Crippen LogP contribution in [0, 0.1) is 5.92 Å². The van der Waals surface area contributed by atoms with Crippen molar-refractivity contribution in [1.29, 1.82) is 0 Å². The molecule has 8 heteroatoms. The third-order valence-electron chi connectivity index (χ3n) is 5.12. The highest BCUT2D eigenvalue weighted by molar-refractivity contribution is 7.92. The molecule has 0 unspecified atom stereocenters. The number of hydrogen-bond acceptors (Lipinski definition) is 5. The number of ether oxygens (including phenoxy) is 1. The van der Waals surface area contributed by atoms with E-state index in [2.05, 4.69) is 0 Å². The largest absolute Gasteiger partial charge is 0.455 e. The molecular weight excluding hydrogens is 392 g/mol. The van der Waals surface area contributed by atoms with Gasteiger partial charge in [0.25, 0.3) is 5.91 Å². The summed E-state index contributed by atoms with van der Waals surface area (Å²) in [6.07, 6.45) is 7.81. The first-order valence-electron chi connectivity index (χ1n) is 9.78. The van der Waals surface area contributed by atoms with Gasteiger partial charge in [0.05, 0.1) is 5.92 Å². The second-order valence-corrected chi connectivity index (χ2v) is 8.95. The molecule has 1 amide bonds. The number of carbonyl (C=O) groups is 2. The number of carbonyl (C=O) groups excluding carboxylic acids is 2. The van der Waals surface area contributed by atoms with E-state index in [9.17, 15) is 18.0 Å². The molecule has 1 fully saturated rings. The summed E-state index contributed by atoms with van der Waals surface area (Å²) in [5.41, 5.74) is 0.806. The lowest BCUT2D eigenvalue weighted by atomic mass is 9.95.